The lowest BCUT2D eigenvalue weighted by Gasteiger charge is -2.18. The summed E-state index contributed by atoms with van der Waals surface area (Å²) in [6.45, 7) is 2.72. The van der Waals surface area contributed by atoms with Crippen molar-refractivity contribution >= 4 is 5.97 Å². The van der Waals surface area contributed by atoms with Gasteiger partial charge in [0.25, 0.3) is 0 Å². The van der Waals surface area contributed by atoms with Crippen molar-refractivity contribution in [3.05, 3.63) is 53.2 Å². The van der Waals surface area contributed by atoms with Crippen LogP contribution in [0.25, 0.3) is 0 Å². The fraction of sp³-hybridized carbons (Fsp3) is 0.400. The highest BCUT2D eigenvalue weighted by atomic mass is 19.4. The molecule has 0 bridgehead atoms. The van der Waals surface area contributed by atoms with Crippen LogP contribution in [0.15, 0.2) is 36.4 Å². The first kappa shape index (κ1) is 22.5. The van der Waals surface area contributed by atoms with Gasteiger partial charge < -0.3 is 19.3 Å². The van der Waals surface area contributed by atoms with Gasteiger partial charge in [0, 0.05) is 12.1 Å². The maximum absolute atomic E-state index is 13.1. The number of aliphatic hydroxyl groups is 1. The van der Waals surface area contributed by atoms with Gasteiger partial charge in [-0.2, -0.15) is 13.2 Å². The zero-order valence-corrected chi connectivity index (χ0v) is 16.2. The topological polar surface area (TPSA) is 77.9 Å². The molecule has 0 saturated heterocycles. The van der Waals surface area contributed by atoms with E-state index < -0.39 is 30.4 Å². The van der Waals surface area contributed by atoms with Crippen LogP contribution in [0.4, 0.5) is 13.2 Å². The van der Waals surface area contributed by atoms with Crippen LogP contribution in [0.5, 0.6) is 11.6 Å². The first-order valence-electron chi connectivity index (χ1n) is 8.81. The number of aliphatic hydroxyl groups excluding tert-OH is 1. The summed E-state index contributed by atoms with van der Waals surface area (Å²) in [5.74, 6) is -1.85. The summed E-state index contributed by atoms with van der Waals surface area (Å²) in [4.78, 5) is 15.4. The Balaban J connectivity index is 2.31. The van der Waals surface area contributed by atoms with Crippen molar-refractivity contribution in [1.29, 1.82) is 0 Å². The minimum Gasteiger partial charge on any atom is -0.489 e. The van der Waals surface area contributed by atoms with Gasteiger partial charge in [0.15, 0.2) is 5.69 Å². The monoisotopic (exact) mass is 413 g/mol. The van der Waals surface area contributed by atoms with E-state index in [1.165, 1.54) is 13.2 Å². The zero-order valence-electron chi connectivity index (χ0n) is 16.2. The van der Waals surface area contributed by atoms with Crippen LogP contribution in [-0.2, 0) is 22.3 Å². The number of methoxy groups -OCH3 is 1. The number of hydrogen-bond acceptors (Lipinski definition) is 6. The molecule has 158 valence electrons. The predicted octanol–water partition coefficient (Wildman–Crippen LogP) is 3.72. The molecule has 0 fully saturated rings. The van der Waals surface area contributed by atoms with Crippen LogP contribution in [0, 0.1) is 0 Å². The van der Waals surface area contributed by atoms with Gasteiger partial charge in [0.1, 0.15) is 18.3 Å². The van der Waals surface area contributed by atoms with E-state index in [-0.39, 0.29) is 24.3 Å². The molecule has 1 aromatic heterocycles. The van der Waals surface area contributed by atoms with Crippen molar-refractivity contribution in [2.45, 2.75) is 38.7 Å². The van der Waals surface area contributed by atoms with Gasteiger partial charge in [-0.1, -0.05) is 24.3 Å². The number of benzene rings is 1. The maximum atomic E-state index is 13.1. The van der Waals surface area contributed by atoms with Crippen LogP contribution in [-0.4, -0.2) is 35.9 Å². The SMILES string of the molecule is COC(=O)C(CO)c1ccccc1COc1cc(OC(C)C)nc(C(F)(F)F)c1. The van der Waals surface area contributed by atoms with Crippen LogP contribution < -0.4 is 9.47 Å². The molecule has 0 radical (unpaired) electrons. The second-order valence-electron chi connectivity index (χ2n) is 6.44. The highest BCUT2D eigenvalue weighted by Crippen LogP contribution is 2.33. The highest BCUT2D eigenvalue weighted by molar-refractivity contribution is 5.78. The maximum Gasteiger partial charge on any atom is 0.433 e. The molecule has 0 saturated carbocycles. The summed E-state index contributed by atoms with van der Waals surface area (Å²) < 4.78 is 54.9. The number of pyridine rings is 1. The van der Waals surface area contributed by atoms with Crippen molar-refractivity contribution in [2.24, 2.45) is 0 Å². The molecule has 1 aromatic carbocycles. The lowest BCUT2D eigenvalue weighted by molar-refractivity contribution is -0.143. The Bertz CT molecular complexity index is 839. The van der Waals surface area contributed by atoms with Crippen LogP contribution >= 0.6 is 0 Å². The molecule has 9 heteroatoms. The molecule has 1 atom stereocenters. The van der Waals surface area contributed by atoms with Gasteiger partial charge in [-0.05, 0) is 25.0 Å². The second kappa shape index (κ2) is 9.60. The number of hydrogen-bond donors (Lipinski definition) is 1. The third-order valence-corrected chi connectivity index (χ3v) is 3.92. The van der Waals surface area contributed by atoms with Gasteiger partial charge in [0.05, 0.1) is 19.8 Å². The molecular weight excluding hydrogens is 391 g/mol. The second-order valence-corrected chi connectivity index (χ2v) is 6.44. The molecular formula is C20H22F3NO5. The quantitative estimate of drug-likeness (QED) is 0.665. The van der Waals surface area contributed by atoms with Crippen molar-refractivity contribution in [1.82, 2.24) is 4.98 Å². The van der Waals surface area contributed by atoms with Crippen LogP contribution in [0.1, 0.15) is 36.6 Å². The van der Waals surface area contributed by atoms with E-state index in [9.17, 15) is 23.1 Å². The number of esters is 1. The fourth-order valence-electron chi connectivity index (χ4n) is 2.62. The Morgan fingerprint density at radius 2 is 1.90 bits per heavy atom. The minimum absolute atomic E-state index is 0.0867. The molecule has 0 aliphatic rings. The fourth-order valence-corrected chi connectivity index (χ4v) is 2.62. The number of carbonyl (C=O) groups is 1. The highest BCUT2D eigenvalue weighted by Gasteiger charge is 2.34. The molecule has 0 aliphatic carbocycles. The van der Waals surface area contributed by atoms with Gasteiger partial charge in [-0.25, -0.2) is 4.98 Å². The summed E-state index contributed by atoms with van der Waals surface area (Å²) >= 11 is 0. The van der Waals surface area contributed by atoms with Crippen LogP contribution in [0.3, 0.4) is 0 Å². The van der Waals surface area contributed by atoms with E-state index in [4.69, 9.17) is 14.2 Å². The smallest absolute Gasteiger partial charge is 0.433 e. The molecule has 0 spiro atoms. The summed E-state index contributed by atoms with van der Waals surface area (Å²) in [6, 6.07) is 8.68. The molecule has 1 heterocycles. The largest absolute Gasteiger partial charge is 0.489 e. The number of aromatic nitrogens is 1. The van der Waals surface area contributed by atoms with Gasteiger partial charge in [-0.15, -0.1) is 0 Å². The van der Waals surface area contributed by atoms with Gasteiger partial charge in [0.2, 0.25) is 5.88 Å². The summed E-state index contributed by atoms with van der Waals surface area (Å²) in [6.07, 6.45) is -5.04. The summed E-state index contributed by atoms with van der Waals surface area (Å²) in [5.41, 5.74) is -0.152. The molecule has 6 nitrogen and oxygen atoms in total. The molecule has 2 rings (SSSR count). The van der Waals surface area contributed by atoms with Gasteiger partial charge in [-0.3, -0.25) is 4.79 Å². The third-order valence-electron chi connectivity index (χ3n) is 3.92. The summed E-state index contributed by atoms with van der Waals surface area (Å²) in [5, 5.41) is 9.55. The van der Waals surface area contributed by atoms with E-state index in [2.05, 4.69) is 4.98 Å². The average Bonchev–Trinajstić information content (AvgIpc) is 2.66. The van der Waals surface area contributed by atoms with Crippen molar-refractivity contribution in [2.75, 3.05) is 13.7 Å². The van der Waals surface area contributed by atoms with E-state index >= 15 is 0 Å². The number of halogens is 3. The number of carbonyl (C=O) groups excluding carboxylic acids is 1. The first-order chi connectivity index (χ1) is 13.7. The first-order valence-corrected chi connectivity index (χ1v) is 8.81. The lowest BCUT2D eigenvalue weighted by Crippen LogP contribution is -2.20. The molecule has 29 heavy (non-hydrogen) atoms. The van der Waals surface area contributed by atoms with E-state index in [0.29, 0.717) is 11.1 Å². The van der Waals surface area contributed by atoms with E-state index in [1.54, 1.807) is 38.1 Å². The molecule has 0 aliphatic heterocycles. The lowest BCUT2D eigenvalue weighted by atomic mass is 9.95. The molecule has 1 N–H and O–H groups in total. The normalized spacial score (nSPS) is 12.6. The Kier molecular flexibility index (Phi) is 7.44. The molecule has 0 amide bonds. The van der Waals surface area contributed by atoms with Crippen LogP contribution in [0.2, 0.25) is 0 Å². The Labute approximate surface area is 166 Å². The summed E-state index contributed by atoms with van der Waals surface area (Å²) in [7, 11) is 1.20. The van der Waals surface area contributed by atoms with Crippen molar-refractivity contribution in [3.8, 4) is 11.6 Å². The third kappa shape index (κ3) is 6.08. The number of alkyl halides is 3. The zero-order chi connectivity index (χ0) is 21.6. The Hall–Kier alpha value is -2.81. The minimum atomic E-state index is -4.67. The average molecular weight is 413 g/mol. The molecule has 2 aromatic rings. The standard InChI is InChI=1S/C20H22F3NO5/c1-12(2)29-18-9-14(8-17(24-18)20(21,22)23)28-11-13-6-4-5-7-15(13)16(10-25)19(26)27-3/h4-9,12,16,25H,10-11H2,1-3H3. The number of nitrogens with zero attached hydrogens (tertiary/aromatic N) is 1. The number of ether oxygens (including phenoxy) is 3. The Morgan fingerprint density at radius 1 is 1.21 bits per heavy atom. The van der Waals surface area contributed by atoms with Crippen molar-refractivity contribution in [3.63, 3.8) is 0 Å². The van der Waals surface area contributed by atoms with E-state index in [0.717, 1.165) is 6.07 Å². The van der Waals surface area contributed by atoms with E-state index in [1.807, 2.05) is 0 Å². The Morgan fingerprint density at radius 3 is 2.48 bits per heavy atom. The molecule has 1 unspecified atom stereocenters. The predicted molar refractivity (Wildman–Crippen MR) is 97.6 cm³/mol. The van der Waals surface area contributed by atoms with Gasteiger partial charge >= 0.3 is 12.1 Å². The van der Waals surface area contributed by atoms with Crippen molar-refractivity contribution < 1.29 is 37.3 Å². The number of rotatable bonds is 8.